The Labute approximate surface area is 120 Å². The molecular formula is C16H14BrNO. The van der Waals surface area contributed by atoms with E-state index >= 15 is 0 Å². The molecule has 0 aliphatic heterocycles. The lowest BCUT2D eigenvalue weighted by Crippen LogP contribution is -2.16. The molecule has 3 heteroatoms. The smallest absolute Gasteiger partial charge is 0.169 e. The fraction of sp³-hybridized carbons (Fsp3) is 0.125. The number of fused-ring (bicyclic) bond motifs is 1. The van der Waals surface area contributed by atoms with E-state index in [-0.39, 0.29) is 6.04 Å². The molecule has 3 aromatic rings. The van der Waals surface area contributed by atoms with Crippen LogP contribution in [0.5, 0.6) is 0 Å². The van der Waals surface area contributed by atoms with Gasteiger partial charge < -0.3 is 9.73 Å². The van der Waals surface area contributed by atoms with E-state index in [9.17, 15) is 0 Å². The Hall–Kier alpha value is -1.58. The predicted molar refractivity (Wildman–Crippen MR) is 81.3 cm³/mol. The zero-order valence-electron chi connectivity index (χ0n) is 10.6. The summed E-state index contributed by atoms with van der Waals surface area (Å²) in [6.07, 6.45) is 0. The van der Waals surface area contributed by atoms with Gasteiger partial charge in [0.15, 0.2) is 4.67 Å². The lowest BCUT2D eigenvalue weighted by Gasteiger charge is -2.14. The topological polar surface area (TPSA) is 25.2 Å². The largest absolute Gasteiger partial charge is 0.452 e. The quantitative estimate of drug-likeness (QED) is 0.769. The van der Waals surface area contributed by atoms with Gasteiger partial charge in [0.25, 0.3) is 0 Å². The van der Waals surface area contributed by atoms with E-state index in [2.05, 4.69) is 63.7 Å². The van der Waals surface area contributed by atoms with E-state index in [0.29, 0.717) is 0 Å². The molecule has 0 saturated heterocycles. The highest BCUT2D eigenvalue weighted by molar-refractivity contribution is 9.10. The minimum atomic E-state index is 0.0657. The highest BCUT2D eigenvalue weighted by atomic mass is 79.9. The molecule has 0 spiro atoms. The maximum atomic E-state index is 5.66. The average molecular weight is 316 g/mol. The van der Waals surface area contributed by atoms with Crippen molar-refractivity contribution < 1.29 is 4.42 Å². The second kappa shape index (κ2) is 5.19. The molecule has 0 amide bonds. The third-order valence-electron chi connectivity index (χ3n) is 3.27. The van der Waals surface area contributed by atoms with Gasteiger partial charge >= 0.3 is 0 Å². The first-order chi connectivity index (χ1) is 9.28. The molecular weight excluding hydrogens is 302 g/mol. The number of nitrogens with one attached hydrogen (secondary N) is 1. The Kier molecular flexibility index (Phi) is 3.40. The van der Waals surface area contributed by atoms with Gasteiger partial charge in [0.2, 0.25) is 0 Å². The summed E-state index contributed by atoms with van der Waals surface area (Å²) in [6.45, 7) is 0. The van der Waals surface area contributed by atoms with Crippen molar-refractivity contribution >= 4 is 26.7 Å². The van der Waals surface area contributed by atoms with E-state index in [4.69, 9.17) is 4.42 Å². The summed E-state index contributed by atoms with van der Waals surface area (Å²) >= 11 is 3.35. The molecule has 19 heavy (non-hydrogen) atoms. The molecule has 1 aromatic heterocycles. The van der Waals surface area contributed by atoms with Gasteiger partial charge in [-0.1, -0.05) is 36.4 Å². The SMILES string of the molecule is CNC(c1ccc2ccccc2c1)c1ccc(Br)o1. The van der Waals surface area contributed by atoms with Gasteiger partial charge in [-0.25, -0.2) is 0 Å². The molecule has 0 aliphatic rings. The highest BCUT2D eigenvalue weighted by Gasteiger charge is 2.15. The standard InChI is InChI=1S/C16H14BrNO/c1-18-16(14-8-9-15(17)19-14)13-7-6-11-4-2-3-5-12(11)10-13/h2-10,16,18H,1H3. The lowest BCUT2D eigenvalue weighted by molar-refractivity contribution is 0.447. The first kappa shape index (κ1) is 12.5. The Bertz CT molecular complexity index is 705. The lowest BCUT2D eigenvalue weighted by atomic mass is 10.0. The molecule has 1 N–H and O–H groups in total. The van der Waals surface area contributed by atoms with E-state index in [1.54, 1.807) is 0 Å². The summed E-state index contributed by atoms with van der Waals surface area (Å²) in [4.78, 5) is 0. The predicted octanol–water partition coefficient (Wildman–Crippen LogP) is 4.50. The van der Waals surface area contributed by atoms with Crippen molar-refractivity contribution in [2.75, 3.05) is 7.05 Å². The first-order valence-electron chi connectivity index (χ1n) is 6.19. The van der Waals surface area contributed by atoms with Crippen LogP contribution in [-0.2, 0) is 0 Å². The Morgan fingerprint density at radius 2 is 1.79 bits per heavy atom. The summed E-state index contributed by atoms with van der Waals surface area (Å²) in [5.74, 6) is 0.907. The monoisotopic (exact) mass is 315 g/mol. The van der Waals surface area contributed by atoms with Gasteiger partial charge in [-0.2, -0.15) is 0 Å². The van der Waals surface area contributed by atoms with Gasteiger partial charge in [0, 0.05) is 0 Å². The molecule has 96 valence electrons. The van der Waals surface area contributed by atoms with Crippen LogP contribution in [0.25, 0.3) is 10.8 Å². The van der Waals surface area contributed by atoms with Gasteiger partial charge in [-0.15, -0.1) is 0 Å². The summed E-state index contributed by atoms with van der Waals surface area (Å²) in [5.41, 5.74) is 1.20. The van der Waals surface area contributed by atoms with Crippen molar-refractivity contribution in [2.24, 2.45) is 0 Å². The van der Waals surface area contributed by atoms with Crippen LogP contribution in [0.1, 0.15) is 17.4 Å². The number of rotatable bonds is 3. The maximum absolute atomic E-state index is 5.66. The van der Waals surface area contributed by atoms with Gasteiger partial charge in [-0.3, -0.25) is 0 Å². The summed E-state index contributed by atoms with van der Waals surface area (Å²) in [6, 6.07) is 18.8. The molecule has 1 heterocycles. The molecule has 1 atom stereocenters. The molecule has 3 rings (SSSR count). The van der Waals surface area contributed by atoms with Gasteiger partial charge in [-0.05, 0) is 57.5 Å². The van der Waals surface area contributed by atoms with Crippen molar-refractivity contribution in [3.05, 3.63) is 70.6 Å². The maximum Gasteiger partial charge on any atom is 0.169 e. The molecule has 2 nitrogen and oxygen atoms in total. The van der Waals surface area contributed by atoms with Crippen LogP contribution in [0.3, 0.4) is 0 Å². The summed E-state index contributed by atoms with van der Waals surface area (Å²) in [5, 5.41) is 5.79. The second-order valence-corrected chi connectivity index (χ2v) is 5.25. The van der Waals surface area contributed by atoms with Gasteiger partial charge in [0.05, 0.1) is 6.04 Å². The number of benzene rings is 2. The molecule has 0 aliphatic carbocycles. The van der Waals surface area contributed by atoms with Crippen LogP contribution < -0.4 is 5.32 Å². The Morgan fingerprint density at radius 1 is 1.00 bits per heavy atom. The van der Waals surface area contributed by atoms with Crippen LogP contribution >= 0.6 is 15.9 Å². The third-order valence-corrected chi connectivity index (χ3v) is 3.70. The third kappa shape index (κ3) is 2.44. The molecule has 1 unspecified atom stereocenters. The zero-order chi connectivity index (χ0) is 13.2. The molecule has 0 bridgehead atoms. The van der Waals surface area contributed by atoms with Crippen molar-refractivity contribution in [3.63, 3.8) is 0 Å². The van der Waals surface area contributed by atoms with Crippen molar-refractivity contribution in [1.29, 1.82) is 0 Å². The van der Waals surface area contributed by atoms with Crippen LogP contribution in [-0.4, -0.2) is 7.05 Å². The number of halogens is 1. The average Bonchev–Trinajstić information content (AvgIpc) is 2.86. The first-order valence-corrected chi connectivity index (χ1v) is 6.98. The van der Waals surface area contributed by atoms with E-state index in [1.807, 2.05) is 19.2 Å². The fourth-order valence-electron chi connectivity index (χ4n) is 2.34. The number of hydrogen-bond donors (Lipinski definition) is 1. The van der Waals surface area contributed by atoms with Crippen LogP contribution in [0.2, 0.25) is 0 Å². The molecule has 0 saturated carbocycles. The van der Waals surface area contributed by atoms with Crippen molar-refractivity contribution in [2.45, 2.75) is 6.04 Å². The Morgan fingerprint density at radius 3 is 2.47 bits per heavy atom. The molecule has 2 aromatic carbocycles. The zero-order valence-corrected chi connectivity index (χ0v) is 12.1. The van der Waals surface area contributed by atoms with Crippen LogP contribution in [0.4, 0.5) is 0 Å². The van der Waals surface area contributed by atoms with E-state index < -0.39 is 0 Å². The van der Waals surface area contributed by atoms with E-state index in [0.717, 1.165) is 10.4 Å². The summed E-state index contributed by atoms with van der Waals surface area (Å²) in [7, 11) is 1.94. The number of hydrogen-bond acceptors (Lipinski definition) is 2. The minimum absolute atomic E-state index is 0.0657. The van der Waals surface area contributed by atoms with Crippen molar-refractivity contribution in [3.8, 4) is 0 Å². The number of furan rings is 1. The van der Waals surface area contributed by atoms with Crippen molar-refractivity contribution in [1.82, 2.24) is 5.32 Å². The van der Waals surface area contributed by atoms with Crippen LogP contribution in [0.15, 0.2) is 63.7 Å². The van der Waals surface area contributed by atoms with Gasteiger partial charge in [0.1, 0.15) is 5.76 Å². The second-order valence-electron chi connectivity index (χ2n) is 4.47. The van der Waals surface area contributed by atoms with E-state index in [1.165, 1.54) is 16.3 Å². The van der Waals surface area contributed by atoms with Crippen LogP contribution in [0, 0.1) is 0 Å². The minimum Gasteiger partial charge on any atom is -0.452 e. The highest BCUT2D eigenvalue weighted by Crippen LogP contribution is 2.28. The summed E-state index contributed by atoms with van der Waals surface area (Å²) < 4.78 is 6.41. The normalized spacial score (nSPS) is 12.7. The molecule has 0 radical (unpaired) electrons. The fourth-order valence-corrected chi connectivity index (χ4v) is 2.66. The molecule has 0 fully saturated rings. The Balaban J connectivity index is 2.06.